The first-order valence-electron chi connectivity index (χ1n) is 9.32. The molecular formula is C24H20N2O4. The van der Waals surface area contributed by atoms with Crippen molar-refractivity contribution in [2.24, 2.45) is 4.99 Å². The van der Waals surface area contributed by atoms with E-state index in [-0.39, 0.29) is 17.4 Å². The Labute approximate surface area is 174 Å². The highest BCUT2D eigenvalue weighted by atomic mass is 16.5. The molecule has 0 saturated heterocycles. The molecular weight excluding hydrogens is 380 g/mol. The number of carbonyl (C=O) groups is 1. The minimum atomic E-state index is -0.266. The van der Waals surface area contributed by atoms with E-state index < -0.39 is 0 Å². The van der Waals surface area contributed by atoms with Gasteiger partial charge in [-0.2, -0.15) is 0 Å². The smallest absolute Gasteiger partial charge is 0.282 e. The summed E-state index contributed by atoms with van der Waals surface area (Å²) in [7, 11) is 3.15. The average Bonchev–Trinajstić information content (AvgIpc) is 3.11. The number of aromatic hydroxyl groups is 1. The zero-order chi connectivity index (χ0) is 21.1. The van der Waals surface area contributed by atoms with Crippen LogP contribution in [0.5, 0.6) is 17.2 Å². The van der Waals surface area contributed by atoms with Gasteiger partial charge in [-0.3, -0.25) is 9.69 Å². The lowest BCUT2D eigenvalue weighted by Crippen LogP contribution is -2.32. The summed E-state index contributed by atoms with van der Waals surface area (Å²) in [6.07, 6.45) is 1.70. The van der Waals surface area contributed by atoms with Crippen molar-refractivity contribution in [2.75, 3.05) is 19.1 Å². The van der Waals surface area contributed by atoms with Crippen LogP contribution >= 0.6 is 0 Å². The van der Waals surface area contributed by atoms with Crippen LogP contribution in [-0.2, 0) is 4.79 Å². The predicted molar refractivity (Wildman–Crippen MR) is 116 cm³/mol. The lowest BCUT2D eigenvalue weighted by atomic mass is 10.1. The van der Waals surface area contributed by atoms with Gasteiger partial charge in [-0.1, -0.05) is 30.3 Å². The molecule has 0 bridgehead atoms. The number of anilines is 1. The normalized spacial score (nSPS) is 14.7. The van der Waals surface area contributed by atoms with Gasteiger partial charge in [-0.15, -0.1) is 0 Å². The van der Waals surface area contributed by atoms with Gasteiger partial charge in [0.05, 0.1) is 19.9 Å². The molecule has 0 saturated carbocycles. The molecule has 0 fully saturated rings. The lowest BCUT2D eigenvalue weighted by Gasteiger charge is -2.18. The van der Waals surface area contributed by atoms with Crippen molar-refractivity contribution in [3.63, 3.8) is 0 Å². The van der Waals surface area contributed by atoms with Crippen molar-refractivity contribution in [3.8, 4) is 17.2 Å². The maximum Gasteiger partial charge on any atom is 0.282 e. The largest absolute Gasteiger partial charge is 0.508 e. The highest BCUT2D eigenvalue weighted by Crippen LogP contribution is 2.31. The van der Waals surface area contributed by atoms with E-state index in [0.717, 1.165) is 5.56 Å². The number of amidine groups is 1. The fourth-order valence-corrected chi connectivity index (χ4v) is 3.22. The Kier molecular flexibility index (Phi) is 5.22. The summed E-state index contributed by atoms with van der Waals surface area (Å²) in [5.74, 6) is 1.62. The molecule has 4 rings (SSSR count). The first kappa shape index (κ1) is 19.3. The Balaban J connectivity index is 1.82. The summed E-state index contributed by atoms with van der Waals surface area (Å²) in [5.41, 5.74) is 2.42. The van der Waals surface area contributed by atoms with Gasteiger partial charge in [0.25, 0.3) is 5.91 Å². The number of hydrogen-bond acceptors (Lipinski definition) is 5. The molecule has 6 nitrogen and oxygen atoms in total. The number of aliphatic imine (C=N–C) groups is 1. The Morgan fingerprint density at radius 2 is 1.67 bits per heavy atom. The minimum Gasteiger partial charge on any atom is -0.508 e. The zero-order valence-electron chi connectivity index (χ0n) is 16.6. The molecule has 3 aromatic carbocycles. The number of benzene rings is 3. The van der Waals surface area contributed by atoms with Crippen LogP contribution in [0.3, 0.4) is 0 Å². The minimum absolute atomic E-state index is 0.127. The van der Waals surface area contributed by atoms with Gasteiger partial charge in [0.2, 0.25) is 0 Å². The van der Waals surface area contributed by atoms with Gasteiger partial charge in [0, 0.05) is 17.2 Å². The van der Waals surface area contributed by atoms with E-state index in [0.29, 0.717) is 28.6 Å². The van der Waals surface area contributed by atoms with Crippen molar-refractivity contribution < 1.29 is 19.4 Å². The van der Waals surface area contributed by atoms with Crippen molar-refractivity contribution >= 4 is 23.5 Å². The number of amides is 1. The van der Waals surface area contributed by atoms with Crippen LogP contribution < -0.4 is 14.4 Å². The Morgan fingerprint density at radius 1 is 0.933 bits per heavy atom. The third-order valence-corrected chi connectivity index (χ3v) is 4.73. The quantitative estimate of drug-likeness (QED) is 0.650. The summed E-state index contributed by atoms with van der Waals surface area (Å²) in [6, 6.07) is 21.3. The van der Waals surface area contributed by atoms with Gasteiger partial charge in [0.1, 0.15) is 28.8 Å². The van der Waals surface area contributed by atoms with E-state index >= 15 is 0 Å². The summed E-state index contributed by atoms with van der Waals surface area (Å²) in [6.45, 7) is 0. The predicted octanol–water partition coefficient (Wildman–Crippen LogP) is 4.24. The zero-order valence-corrected chi connectivity index (χ0v) is 16.6. The number of ether oxygens (including phenoxy) is 2. The fraction of sp³-hybridized carbons (Fsp3) is 0.0833. The third kappa shape index (κ3) is 3.63. The first-order valence-corrected chi connectivity index (χ1v) is 9.32. The van der Waals surface area contributed by atoms with Crippen LogP contribution in [0.2, 0.25) is 0 Å². The van der Waals surface area contributed by atoms with Crippen LogP contribution in [-0.4, -0.2) is 31.1 Å². The maximum atomic E-state index is 13.3. The second kappa shape index (κ2) is 8.13. The van der Waals surface area contributed by atoms with Gasteiger partial charge >= 0.3 is 0 Å². The standard InChI is InChI=1S/C24H20N2O4/c1-29-20-13-8-17(22(15-20)30-2)14-21-24(28)26(18-9-11-19(27)12-10-18)23(25-21)16-6-4-3-5-7-16/h3-15,27H,1-2H3/b21-14+. The van der Waals surface area contributed by atoms with Crippen molar-refractivity contribution in [1.29, 1.82) is 0 Å². The molecule has 150 valence electrons. The third-order valence-electron chi connectivity index (χ3n) is 4.73. The van der Waals surface area contributed by atoms with Crippen molar-refractivity contribution in [2.45, 2.75) is 0 Å². The molecule has 30 heavy (non-hydrogen) atoms. The molecule has 0 spiro atoms. The van der Waals surface area contributed by atoms with Crippen LogP contribution in [0.15, 0.2) is 83.5 Å². The molecule has 1 N–H and O–H groups in total. The molecule has 0 radical (unpaired) electrons. The Morgan fingerprint density at radius 3 is 2.33 bits per heavy atom. The van der Waals surface area contributed by atoms with E-state index in [1.807, 2.05) is 36.4 Å². The van der Waals surface area contributed by atoms with E-state index in [2.05, 4.69) is 4.99 Å². The first-order chi connectivity index (χ1) is 14.6. The monoisotopic (exact) mass is 400 g/mol. The molecule has 0 aromatic heterocycles. The molecule has 6 heteroatoms. The number of methoxy groups -OCH3 is 2. The molecule has 1 amide bonds. The topological polar surface area (TPSA) is 71.4 Å². The summed E-state index contributed by atoms with van der Waals surface area (Å²) in [5, 5.41) is 9.63. The van der Waals surface area contributed by atoms with Crippen molar-refractivity contribution in [1.82, 2.24) is 0 Å². The lowest BCUT2D eigenvalue weighted by molar-refractivity contribution is -0.113. The second-order valence-electron chi connectivity index (χ2n) is 6.60. The molecule has 1 heterocycles. The van der Waals surface area contributed by atoms with Gasteiger partial charge < -0.3 is 14.6 Å². The molecule has 3 aromatic rings. The van der Waals surface area contributed by atoms with Gasteiger partial charge in [-0.05, 0) is 42.5 Å². The SMILES string of the molecule is COc1ccc(/C=C2/N=C(c3ccccc3)N(c3ccc(O)cc3)C2=O)c(OC)c1. The van der Waals surface area contributed by atoms with E-state index in [4.69, 9.17) is 9.47 Å². The van der Waals surface area contributed by atoms with E-state index in [1.54, 1.807) is 56.7 Å². The van der Waals surface area contributed by atoms with Gasteiger partial charge in [0.15, 0.2) is 0 Å². The Bertz CT molecular complexity index is 1140. The molecule has 1 aliphatic heterocycles. The number of phenolic OH excluding ortho intramolecular Hbond substituents is 1. The number of hydrogen-bond donors (Lipinski definition) is 1. The number of carbonyl (C=O) groups excluding carboxylic acids is 1. The highest BCUT2D eigenvalue weighted by molar-refractivity contribution is 6.33. The summed E-state index contributed by atoms with van der Waals surface area (Å²) >= 11 is 0. The molecule has 0 aliphatic carbocycles. The van der Waals surface area contributed by atoms with Crippen LogP contribution in [0, 0.1) is 0 Å². The van der Waals surface area contributed by atoms with Crippen LogP contribution in [0.1, 0.15) is 11.1 Å². The van der Waals surface area contributed by atoms with Crippen LogP contribution in [0.4, 0.5) is 5.69 Å². The van der Waals surface area contributed by atoms with E-state index in [9.17, 15) is 9.90 Å². The van der Waals surface area contributed by atoms with Crippen LogP contribution in [0.25, 0.3) is 6.08 Å². The van der Waals surface area contributed by atoms with Crippen molar-refractivity contribution in [3.05, 3.63) is 89.6 Å². The van der Waals surface area contributed by atoms with Gasteiger partial charge in [-0.25, -0.2) is 4.99 Å². The number of nitrogens with zero attached hydrogens (tertiary/aromatic N) is 2. The maximum absolute atomic E-state index is 13.3. The highest BCUT2D eigenvalue weighted by Gasteiger charge is 2.32. The Hall–Kier alpha value is -4.06. The summed E-state index contributed by atoms with van der Waals surface area (Å²) < 4.78 is 10.7. The number of rotatable bonds is 5. The molecule has 0 atom stereocenters. The molecule has 1 aliphatic rings. The molecule has 0 unspecified atom stereocenters. The average molecular weight is 400 g/mol. The fourth-order valence-electron chi connectivity index (χ4n) is 3.22. The summed E-state index contributed by atoms with van der Waals surface area (Å²) in [4.78, 5) is 19.5. The number of phenols is 1. The van der Waals surface area contributed by atoms with E-state index in [1.165, 1.54) is 4.90 Å². The second-order valence-corrected chi connectivity index (χ2v) is 6.60.